The van der Waals surface area contributed by atoms with Crippen LogP contribution in [-0.4, -0.2) is 16.7 Å². The summed E-state index contributed by atoms with van der Waals surface area (Å²) >= 11 is 0. The molecule has 0 saturated carbocycles. The van der Waals surface area contributed by atoms with Gasteiger partial charge in [-0.05, 0) is 51.5 Å². The molecule has 1 radical (unpaired) electrons. The van der Waals surface area contributed by atoms with Crippen LogP contribution < -0.4 is 4.74 Å². The highest BCUT2D eigenvalue weighted by Crippen LogP contribution is 2.58. The summed E-state index contributed by atoms with van der Waals surface area (Å²) < 4.78 is 6.32. The number of para-hydroxylation sites is 1. The number of ether oxygens (including phenoxy) is 1. The molecule has 3 aromatic rings. The Labute approximate surface area is 210 Å². The standard InChI is InChI=1S/C32H27O4/c1-31(2,3)29(30(33)34)32(35)18-10-17-25-28(32)27(23-15-8-9-16-24(23)36-25)26-21-13-6-4-11-19(21)20-12-5-7-14-22(20)26/h4-18,26,29,35H,1-3H3. The van der Waals surface area contributed by atoms with E-state index in [4.69, 9.17) is 4.74 Å². The van der Waals surface area contributed by atoms with Gasteiger partial charge in [-0.3, -0.25) is 0 Å². The number of carbonyl (C=O) groups is 1. The third kappa shape index (κ3) is 3.14. The fourth-order valence-corrected chi connectivity index (χ4v) is 6.31. The Morgan fingerprint density at radius 1 is 0.889 bits per heavy atom. The Bertz CT molecular complexity index is 1450. The lowest BCUT2D eigenvalue weighted by Gasteiger charge is -2.44. The number of rotatable bonds is 3. The highest BCUT2D eigenvalue weighted by Gasteiger charge is 2.54. The van der Waals surface area contributed by atoms with Gasteiger partial charge in [0.05, 0.1) is 0 Å². The summed E-state index contributed by atoms with van der Waals surface area (Å²) in [5.74, 6) is -1.57. The molecule has 1 heterocycles. The van der Waals surface area contributed by atoms with Gasteiger partial charge < -0.3 is 9.84 Å². The molecule has 3 aliphatic rings. The second-order valence-corrected chi connectivity index (χ2v) is 10.8. The Morgan fingerprint density at radius 3 is 2.03 bits per heavy atom. The van der Waals surface area contributed by atoms with Gasteiger partial charge in [0.15, 0.2) is 0 Å². The van der Waals surface area contributed by atoms with E-state index in [9.17, 15) is 15.0 Å². The van der Waals surface area contributed by atoms with E-state index >= 15 is 0 Å². The highest BCUT2D eigenvalue weighted by molar-refractivity contribution is 5.94. The van der Waals surface area contributed by atoms with Crippen LogP contribution >= 0.6 is 0 Å². The van der Waals surface area contributed by atoms with Crippen LogP contribution in [0.5, 0.6) is 5.75 Å². The molecular formula is C32H27O4. The van der Waals surface area contributed by atoms with Gasteiger partial charge in [-0.1, -0.05) is 93.6 Å². The Balaban J connectivity index is 1.74. The van der Waals surface area contributed by atoms with Crippen molar-refractivity contribution in [3.8, 4) is 16.9 Å². The molecule has 179 valence electrons. The monoisotopic (exact) mass is 475 g/mol. The summed E-state index contributed by atoms with van der Waals surface area (Å²) in [6.07, 6.45) is 5.08. The number of benzene rings is 3. The third-order valence-electron chi connectivity index (χ3n) is 7.58. The molecule has 2 aliphatic carbocycles. The van der Waals surface area contributed by atoms with Crippen molar-refractivity contribution in [1.29, 1.82) is 0 Å². The first kappa shape index (κ1) is 22.6. The van der Waals surface area contributed by atoms with Crippen molar-refractivity contribution >= 4 is 11.5 Å². The predicted molar refractivity (Wildman–Crippen MR) is 139 cm³/mol. The zero-order chi connectivity index (χ0) is 25.2. The van der Waals surface area contributed by atoms with Crippen molar-refractivity contribution in [3.05, 3.63) is 119 Å². The Kier molecular flexibility index (Phi) is 4.89. The van der Waals surface area contributed by atoms with Gasteiger partial charge in [0.25, 0.3) is 0 Å². The number of aliphatic hydroxyl groups is 1. The van der Waals surface area contributed by atoms with Gasteiger partial charge >= 0.3 is 5.97 Å². The lowest BCUT2D eigenvalue weighted by atomic mass is 9.63. The van der Waals surface area contributed by atoms with Crippen LogP contribution in [0.2, 0.25) is 0 Å². The third-order valence-corrected chi connectivity index (χ3v) is 7.58. The second-order valence-electron chi connectivity index (χ2n) is 10.8. The fraction of sp³-hybridized carbons (Fsp3) is 0.219. The molecule has 4 nitrogen and oxygen atoms in total. The zero-order valence-electron chi connectivity index (χ0n) is 20.5. The molecule has 0 bridgehead atoms. The molecule has 2 atom stereocenters. The minimum atomic E-state index is -1.84. The van der Waals surface area contributed by atoms with Crippen LogP contribution in [0.15, 0.2) is 102 Å². The summed E-state index contributed by atoms with van der Waals surface area (Å²) in [7, 11) is 0. The number of allylic oxidation sites excluding steroid dienone is 3. The molecule has 0 saturated heterocycles. The van der Waals surface area contributed by atoms with Crippen molar-refractivity contribution in [2.45, 2.75) is 32.3 Å². The molecule has 0 amide bonds. The van der Waals surface area contributed by atoms with Gasteiger partial charge in [-0.2, -0.15) is 0 Å². The van der Waals surface area contributed by atoms with E-state index in [1.165, 1.54) is 0 Å². The predicted octanol–water partition coefficient (Wildman–Crippen LogP) is 6.45. The highest BCUT2D eigenvalue weighted by atomic mass is 16.5. The van der Waals surface area contributed by atoms with Crippen molar-refractivity contribution in [2.24, 2.45) is 11.3 Å². The normalized spacial score (nSPS) is 21.1. The number of hydrogen-bond donors (Lipinski definition) is 1. The average molecular weight is 476 g/mol. The summed E-state index contributed by atoms with van der Waals surface area (Å²) in [6, 6.07) is 24.4. The zero-order valence-corrected chi connectivity index (χ0v) is 20.5. The number of hydrogen-bond acceptors (Lipinski definition) is 3. The summed E-state index contributed by atoms with van der Waals surface area (Å²) in [5, 5.41) is 25.0. The van der Waals surface area contributed by atoms with Crippen LogP contribution in [0.25, 0.3) is 16.7 Å². The molecule has 0 spiro atoms. The van der Waals surface area contributed by atoms with E-state index in [1.54, 1.807) is 12.2 Å². The maximum Gasteiger partial charge on any atom is 0.362 e. The topological polar surface area (TPSA) is 66.4 Å². The average Bonchev–Trinajstić information content (AvgIpc) is 3.16. The van der Waals surface area contributed by atoms with Gasteiger partial charge in [0.1, 0.15) is 23.0 Å². The van der Waals surface area contributed by atoms with E-state index < -0.39 is 22.9 Å². The van der Waals surface area contributed by atoms with E-state index in [2.05, 4.69) is 24.3 Å². The minimum absolute atomic E-state index is 0.207. The molecule has 36 heavy (non-hydrogen) atoms. The van der Waals surface area contributed by atoms with Crippen LogP contribution in [0.4, 0.5) is 0 Å². The molecular weight excluding hydrogens is 448 g/mol. The number of carbonyl (C=O) groups excluding carboxylic acids is 1. The summed E-state index contributed by atoms with van der Waals surface area (Å²) in [5.41, 5.74) is 4.10. The maximum absolute atomic E-state index is 12.6. The number of fused-ring (bicyclic) bond motifs is 5. The second kappa shape index (κ2) is 7.81. The maximum atomic E-state index is 12.6. The lowest BCUT2D eigenvalue weighted by Crippen LogP contribution is -2.51. The van der Waals surface area contributed by atoms with Crippen molar-refractivity contribution in [2.75, 3.05) is 0 Å². The first-order valence-corrected chi connectivity index (χ1v) is 12.2. The van der Waals surface area contributed by atoms with Gasteiger partial charge in [0.2, 0.25) is 0 Å². The molecule has 1 N–H and O–H groups in total. The van der Waals surface area contributed by atoms with Gasteiger partial charge in [-0.15, -0.1) is 0 Å². The summed E-state index contributed by atoms with van der Waals surface area (Å²) in [4.78, 5) is 12.6. The summed E-state index contributed by atoms with van der Waals surface area (Å²) in [6.45, 7) is 5.44. The SMILES string of the molecule is CC(C)(C)C(C([O])=O)C1(O)C=CC=C2Oc3ccccc3C(C3c4ccccc4-c4ccccc43)=C21. The van der Waals surface area contributed by atoms with Crippen molar-refractivity contribution < 1.29 is 19.7 Å². The first-order chi connectivity index (χ1) is 17.2. The quantitative estimate of drug-likeness (QED) is 0.473. The van der Waals surface area contributed by atoms with Crippen LogP contribution in [0.1, 0.15) is 43.4 Å². The minimum Gasteiger partial charge on any atom is -0.456 e. The lowest BCUT2D eigenvalue weighted by molar-refractivity contribution is -0.160. The van der Waals surface area contributed by atoms with E-state index in [0.717, 1.165) is 33.4 Å². The largest absolute Gasteiger partial charge is 0.456 e. The molecule has 3 aromatic carbocycles. The van der Waals surface area contributed by atoms with E-state index in [0.29, 0.717) is 17.1 Å². The Morgan fingerprint density at radius 2 is 1.44 bits per heavy atom. The van der Waals surface area contributed by atoms with Crippen molar-refractivity contribution in [3.63, 3.8) is 0 Å². The Hall–Kier alpha value is -3.89. The molecule has 2 unspecified atom stereocenters. The smallest absolute Gasteiger partial charge is 0.362 e. The molecule has 1 aliphatic heterocycles. The molecule has 6 rings (SSSR count). The van der Waals surface area contributed by atoms with E-state index in [-0.39, 0.29) is 5.92 Å². The van der Waals surface area contributed by atoms with Gasteiger partial charge in [0, 0.05) is 17.1 Å². The fourth-order valence-electron chi connectivity index (χ4n) is 6.31. The molecule has 0 fully saturated rings. The first-order valence-electron chi connectivity index (χ1n) is 12.2. The van der Waals surface area contributed by atoms with Gasteiger partial charge in [-0.25, -0.2) is 9.90 Å². The molecule has 4 heteroatoms. The van der Waals surface area contributed by atoms with Crippen LogP contribution in [0.3, 0.4) is 0 Å². The van der Waals surface area contributed by atoms with Crippen LogP contribution in [-0.2, 0) is 9.90 Å². The van der Waals surface area contributed by atoms with Crippen molar-refractivity contribution in [1.82, 2.24) is 0 Å². The molecule has 0 aromatic heterocycles. The van der Waals surface area contributed by atoms with E-state index in [1.807, 2.05) is 75.4 Å². The van der Waals surface area contributed by atoms with Crippen LogP contribution in [0, 0.1) is 11.3 Å².